The number of hydrogen-bond donors (Lipinski definition) is 2. The zero-order valence-electron chi connectivity index (χ0n) is 12.9. The highest BCUT2D eigenvalue weighted by Gasteiger charge is 2.19. The molecule has 0 bridgehead atoms. The summed E-state index contributed by atoms with van der Waals surface area (Å²) in [6.45, 7) is 7.61. The minimum Gasteiger partial charge on any atom is -0.464 e. The molecular formula is C14H20ClN3O5. The van der Waals surface area contributed by atoms with Gasteiger partial charge in [0, 0.05) is 13.0 Å². The molecule has 8 nitrogen and oxygen atoms in total. The van der Waals surface area contributed by atoms with E-state index >= 15 is 0 Å². The topological polar surface area (TPSA) is 105 Å². The highest BCUT2D eigenvalue weighted by atomic mass is 35.5. The molecule has 1 fully saturated rings. The van der Waals surface area contributed by atoms with Gasteiger partial charge in [-0.3, -0.25) is 14.4 Å². The second-order valence-electron chi connectivity index (χ2n) is 4.32. The van der Waals surface area contributed by atoms with Gasteiger partial charge in [0.15, 0.2) is 0 Å². The minimum atomic E-state index is -0.677. The number of amides is 3. The number of alkyl halides is 1. The monoisotopic (exact) mass is 345 g/mol. The zero-order valence-corrected chi connectivity index (χ0v) is 13.6. The molecule has 0 saturated carbocycles. The maximum Gasteiger partial charge on any atom is 0.353 e. The van der Waals surface area contributed by atoms with Crippen molar-refractivity contribution in [1.82, 2.24) is 15.5 Å². The van der Waals surface area contributed by atoms with E-state index in [-0.39, 0.29) is 23.4 Å². The molecular weight excluding hydrogens is 326 g/mol. The summed E-state index contributed by atoms with van der Waals surface area (Å²) in [5.41, 5.74) is -0.113. The summed E-state index contributed by atoms with van der Waals surface area (Å²) >= 11 is 5.14. The largest absolute Gasteiger partial charge is 0.464 e. The molecule has 0 aliphatic carbocycles. The molecule has 2 N–H and O–H groups in total. The van der Waals surface area contributed by atoms with Crippen molar-refractivity contribution in [3.63, 3.8) is 0 Å². The van der Waals surface area contributed by atoms with Crippen molar-refractivity contribution in [2.24, 2.45) is 0 Å². The van der Waals surface area contributed by atoms with Gasteiger partial charge in [0.25, 0.3) is 0 Å². The van der Waals surface area contributed by atoms with Crippen molar-refractivity contribution in [2.75, 3.05) is 26.2 Å². The first kappa shape index (κ1) is 20.6. The van der Waals surface area contributed by atoms with Crippen LogP contribution in [0.3, 0.4) is 0 Å². The molecule has 0 atom stereocenters. The molecule has 0 aromatic heterocycles. The smallest absolute Gasteiger partial charge is 0.353 e. The van der Waals surface area contributed by atoms with Crippen molar-refractivity contribution in [3.8, 4) is 0 Å². The number of likely N-dealkylation sites (tertiary alicyclic amines) is 1. The SMILES string of the molecule is C=C(NC(=O)CCl)C(=O)OC.C=CC(=O)NCN1CCCC1=O. The van der Waals surface area contributed by atoms with E-state index in [0.29, 0.717) is 13.1 Å². The third kappa shape index (κ3) is 8.62. The van der Waals surface area contributed by atoms with Gasteiger partial charge in [0.05, 0.1) is 13.8 Å². The number of nitrogens with zero attached hydrogens (tertiary/aromatic N) is 1. The number of carbonyl (C=O) groups is 4. The van der Waals surface area contributed by atoms with Gasteiger partial charge in [0.2, 0.25) is 17.7 Å². The molecule has 3 amide bonds. The summed E-state index contributed by atoms with van der Waals surface area (Å²) < 4.78 is 4.26. The predicted molar refractivity (Wildman–Crippen MR) is 84.2 cm³/mol. The Hall–Kier alpha value is -2.35. The molecule has 1 heterocycles. The first-order valence-corrected chi connectivity index (χ1v) is 7.20. The van der Waals surface area contributed by atoms with Crippen LogP contribution in [0, 0.1) is 0 Å². The standard InChI is InChI=1S/C8H12N2O2.C6H8ClNO3/c1-2-7(11)9-6-10-5-3-4-8(10)12;1-4(6(10)11-2)8-5(9)3-7/h2H,1,3-6H2,(H,9,11);1,3H2,2H3,(H,8,9). The molecule has 1 aliphatic rings. The molecule has 9 heteroatoms. The molecule has 1 aliphatic heterocycles. The maximum atomic E-state index is 11.0. The average Bonchev–Trinajstić information content (AvgIpc) is 2.97. The summed E-state index contributed by atoms with van der Waals surface area (Å²) in [6.07, 6.45) is 2.69. The van der Waals surface area contributed by atoms with Crippen LogP contribution < -0.4 is 10.6 Å². The van der Waals surface area contributed by atoms with Crippen LogP contribution in [0.2, 0.25) is 0 Å². The van der Waals surface area contributed by atoms with Crippen LogP contribution in [0.1, 0.15) is 12.8 Å². The summed E-state index contributed by atoms with van der Waals surface area (Å²) in [5, 5.41) is 4.69. The van der Waals surface area contributed by atoms with Gasteiger partial charge in [-0.25, -0.2) is 4.79 Å². The Labute approximate surface area is 139 Å². The van der Waals surface area contributed by atoms with Crippen LogP contribution in [-0.2, 0) is 23.9 Å². The number of ether oxygens (including phenoxy) is 1. The number of esters is 1. The van der Waals surface area contributed by atoms with E-state index < -0.39 is 11.9 Å². The Kier molecular flexibility index (Phi) is 10.1. The Morgan fingerprint density at radius 2 is 2.09 bits per heavy atom. The van der Waals surface area contributed by atoms with Gasteiger partial charge in [-0.05, 0) is 12.5 Å². The summed E-state index contributed by atoms with van der Waals surface area (Å²) in [6, 6.07) is 0. The molecule has 23 heavy (non-hydrogen) atoms. The fourth-order valence-corrected chi connectivity index (χ4v) is 1.56. The van der Waals surface area contributed by atoms with Gasteiger partial charge in [-0.1, -0.05) is 13.2 Å². The number of carbonyl (C=O) groups excluding carboxylic acids is 4. The second kappa shape index (κ2) is 11.2. The number of methoxy groups -OCH3 is 1. The van der Waals surface area contributed by atoms with Crippen LogP contribution in [-0.4, -0.2) is 54.8 Å². The van der Waals surface area contributed by atoms with Crippen molar-refractivity contribution >= 4 is 35.3 Å². The first-order valence-electron chi connectivity index (χ1n) is 6.66. The molecule has 1 rings (SSSR count). The Morgan fingerprint density at radius 3 is 2.52 bits per heavy atom. The van der Waals surface area contributed by atoms with E-state index in [4.69, 9.17) is 11.6 Å². The molecule has 0 spiro atoms. The van der Waals surface area contributed by atoms with Crippen LogP contribution in [0.25, 0.3) is 0 Å². The molecule has 1 saturated heterocycles. The Bertz CT molecular complexity index is 493. The molecule has 0 aromatic carbocycles. The van der Waals surface area contributed by atoms with Crippen molar-refractivity contribution in [1.29, 1.82) is 0 Å². The zero-order chi connectivity index (χ0) is 17.8. The van der Waals surface area contributed by atoms with Crippen molar-refractivity contribution in [3.05, 3.63) is 24.9 Å². The Balaban J connectivity index is 0.000000423. The lowest BCUT2D eigenvalue weighted by Crippen LogP contribution is -2.37. The maximum absolute atomic E-state index is 11.0. The van der Waals surface area contributed by atoms with Crippen LogP contribution in [0.5, 0.6) is 0 Å². The third-order valence-electron chi connectivity index (χ3n) is 2.64. The van der Waals surface area contributed by atoms with E-state index in [1.807, 2.05) is 0 Å². The summed E-state index contributed by atoms with van der Waals surface area (Å²) in [7, 11) is 1.19. The third-order valence-corrected chi connectivity index (χ3v) is 2.89. The van der Waals surface area contributed by atoms with Crippen molar-refractivity contribution in [2.45, 2.75) is 12.8 Å². The first-order chi connectivity index (χ1) is 10.8. The van der Waals surface area contributed by atoms with Crippen LogP contribution >= 0.6 is 11.6 Å². The molecule has 0 aromatic rings. The lowest BCUT2D eigenvalue weighted by Gasteiger charge is -2.14. The van der Waals surface area contributed by atoms with Crippen molar-refractivity contribution < 1.29 is 23.9 Å². The predicted octanol–water partition coefficient (Wildman–Crippen LogP) is -0.103. The fourth-order valence-electron chi connectivity index (χ4n) is 1.49. The number of halogens is 1. The normalized spacial score (nSPS) is 12.6. The van der Waals surface area contributed by atoms with E-state index in [1.54, 1.807) is 4.90 Å². The quantitative estimate of drug-likeness (QED) is 0.397. The van der Waals surface area contributed by atoms with E-state index in [9.17, 15) is 19.2 Å². The summed E-state index contributed by atoms with van der Waals surface area (Å²) in [4.78, 5) is 44.5. The van der Waals surface area contributed by atoms with Gasteiger partial charge < -0.3 is 20.3 Å². The minimum absolute atomic E-state index is 0.111. The van der Waals surface area contributed by atoms with Gasteiger partial charge >= 0.3 is 5.97 Å². The number of nitrogens with one attached hydrogen (secondary N) is 2. The molecule has 0 radical (unpaired) electrons. The average molecular weight is 346 g/mol. The van der Waals surface area contributed by atoms with Gasteiger partial charge in [-0.15, -0.1) is 11.6 Å². The Morgan fingerprint density at radius 1 is 1.43 bits per heavy atom. The number of rotatable bonds is 6. The van der Waals surface area contributed by atoms with Crippen LogP contribution in [0.4, 0.5) is 0 Å². The fraction of sp³-hybridized carbons (Fsp3) is 0.429. The highest BCUT2D eigenvalue weighted by molar-refractivity contribution is 6.27. The van der Waals surface area contributed by atoms with E-state index in [2.05, 4.69) is 28.5 Å². The van der Waals surface area contributed by atoms with Crippen LogP contribution in [0.15, 0.2) is 24.9 Å². The van der Waals surface area contributed by atoms with E-state index in [0.717, 1.165) is 13.0 Å². The lowest BCUT2D eigenvalue weighted by atomic mass is 10.4. The molecule has 128 valence electrons. The van der Waals surface area contributed by atoms with Gasteiger partial charge in [-0.2, -0.15) is 0 Å². The lowest BCUT2D eigenvalue weighted by molar-refractivity contribution is -0.137. The van der Waals surface area contributed by atoms with E-state index in [1.165, 1.54) is 13.2 Å². The number of hydrogen-bond acceptors (Lipinski definition) is 5. The highest BCUT2D eigenvalue weighted by Crippen LogP contribution is 2.07. The van der Waals surface area contributed by atoms with Gasteiger partial charge in [0.1, 0.15) is 11.6 Å². The summed E-state index contributed by atoms with van der Waals surface area (Å²) in [5.74, 6) is -1.50. The molecule has 0 unspecified atom stereocenters. The second-order valence-corrected chi connectivity index (χ2v) is 4.58.